The number of rotatable bonds is 7. The van der Waals surface area contributed by atoms with Gasteiger partial charge in [0.2, 0.25) is 0 Å². The minimum absolute atomic E-state index is 0.00880. The zero-order valence-electron chi connectivity index (χ0n) is 16.4. The molecule has 0 fully saturated rings. The summed E-state index contributed by atoms with van der Waals surface area (Å²) < 4.78 is 45.9. The summed E-state index contributed by atoms with van der Waals surface area (Å²) in [4.78, 5) is 17.2. The van der Waals surface area contributed by atoms with Gasteiger partial charge in [-0.25, -0.2) is 9.67 Å². The standard InChI is InChI=1S/C20H20F3N5O2/c1-27(10-14-4-3-5-16(8-14)30-2)11-19(29)26-17-9-15(20(21,22)23)6-7-18(17)28-13-24-12-25-28/h3-9,12-13H,10-11H2,1-2H3,(H,26,29)/p+1. The highest BCUT2D eigenvalue weighted by Gasteiger charge is 2.31. The highest BCUT2D eigenvalue weighted by molar-refractivity contribution is 5.93. The molecule has 10 heteroatoms. The van der Waals surface area contributed by atoms with Crippen LogP contribution < -0.4 is 15.0 Å². The van der Waals surface area contributed by atoms with Crippen LogP contribution in [0.1, 0.15) is 11.1 Å². The molecule has 3 aromatic rings. The Bertz CT molecular complexity index is 1010. The van der Waals surface area contributed by atoms with Crippen LogP contribution in [-0.2, 0) is 17.5 Å². The molecule has 1 amide bonds. The number of quaternary nitrogens is 1. The lowest BCUT2D eigenvalue weighted by Crippen LogP contribution is -3.08. The van der Waals surface area contributed by atoms with Crippen LogP contribution in [0.5, 0.6) is 5.75 Å². The average Bonchev–Trinajstić information content (AvgIpc) is 3.21. The van der Waals surface area contributed by atoms with Crippen LogP contribution >= 0.6 is 0 Å². The fourth-order valence-electron chi connectivity index (χ4n) is 3.01. The van der Waals surface area contributed by atoms with Gasteiger partial charge in [0.15, 0.2) is 6.54 Å². The third-order valence-electron chi connectivity index (χ3n) is 4.37. The van der Waals surface area contributed by atoms with Crippen LogP contribution in [0.3, 0.4) is 0 Å². The number of nitrogens with one attached hydrogen (secondary N) is 2. The molecule has 3 rings (SSSR count). The third kappa shape index (κ3) is 5.35. The minimum Gasteiger partial charge on any atom is -0.497 e. The number of aromatic nitrogens is 3. The lowest BCUT2D eigenvalue weighted by molar-refractivity contribution is -0.885. The average molecular weight is 420 g/mol. The van der Waals surface area contributed by atoms with Crippen molar-refractivity contribution in [1.29, 1.82) is 0 Å². The Morgan fingerprint density at radius 2 is 2.03 bits per heavy atom. The third-order valence-corrected chi connectivity index (χ3v) is 4.37. The number of hydrogen-bond acceptors (Lipinski definition) is 4. The van der Waals surface area contributed by atoms with Gasteiger partial charge in [0.25, 0.3) is 5.91 Å². The predicted octanol–water partition coefficient (Wildman–Crippen LogP) is 1.95. The van der Waals surface area contributed by atoms with Crippen molar-refractivity contribution in [2.45, 2.75) is 12.7 Å². The van der Waals surface area contributed by atoms with Crippen molar-refractivity contribution in [2.75, 3.05) is 26.0 Å². The number of carbonyl (C=O) groups is 1. The summed E-state index contributed by atoms with van der Waals surface area (Å²) >= 11 is 0. The van der Waals surface area contributed by atoms with Gasteiger partial charge in [0.1, 0.15) is 24.9 Å². The molecular weight excluding hydrogens is 399 g/mol. The van der Waals surface area contributed by atoms with Crippen LogP contribution in [0, 0.1) is 0 Å². The Balaban J connectivity index is 1.74. The summed E-state index contributed by atoms with van der Waals surface area (Å²) in [5.74, 6) is 0.294. The van der Waals surface area contributed by atoms with E-state index in [9.17, 15) is 18.0 Å². The van der Waals surface area contributed by atoms with E-state index in [1.54, 1.807) is 7.11 Å². The molecule has 0 aliphatic heterocycles. The summed E-state index contributed by atoms with van der Waals surface area (Å²) in [5, 5.41) is 6.51. The molecule has 2 N–H and O–H groups in total. The van der Waals surface area contributed by atoms with Crippen molar-refractivity contribution in [3.8, 4) is 11.4 Å². The van der Waals surface area contributed by atoms with Crippen LogP contribution in [0.4, 0.5) is 18.9 Å². The Morgan fingerprint density at radius 3 is 2.70 bits per heavy atom. The van der Waals surface area contributed by atoms with E-state index in [2.05, 4.69) is 15.4 Å². The van der Waals surface area contributed by atoms with Gasteiger partial charge in [-0.1, -0.05) is 12.1 Å². The van der Waals surface area contributed by atoms with Gasteiger partial charge in [-0.2, -0.15) is 18.3 Å². The number of halogens is 3. The second-order valence-electron chi connectivity index (χ2n) is 6.78. The van der Waals surface area contributed by atoms with Crippen molar-refractivity contribution in [3.05, 3.63) is 66.2 Å². The zero-order valence-corrected chi connectivity index (χ0v) is 16.4. The van der Waals surface area contributed by atoms with Gasteiger partial charge in [0.05, 0.1) is 31.1 Å². The number of amides is 1. The minimum atomic E-state index is -4.53. The number of methoxy groups -OCH3 is 1. The molecule has 0 saturated heterocycles. The van der Waals surface area contributed by atoms with Crippen molar-refractivity contribution in [1.82, 2.24) is 14.8 Å². The van der Waals surface area contributed by atoms with E-state index in [0.717, 1.165) is 22.6 Å². The van der Waals surface area contributed by atoms with Crippen LogP contribution in [0.2, 0.25) is 0 Å². The Hall–Kier alpha value is -3.40. The second-order valence-corrected chi connectivity index (χ2v) is 6.78. The second kappa shape index (κ2) is 8.95. The molecule has 0 radical (unpaired) electrons. The molecule has 2 aromatic carbocycles. The number of likely N-dealkylation sites (N-methyl/N-ethyl adjacent to an activating group) is 1. The van der Waals surface area contributed by atoms with Gasteiger partial charge in [-0.05, 0) is 30.3 Å². The summed E-state index contributed by atoms with van der Waals surface area (Å²) in [6.07, 6.45) is -1.93. The van der Waals surface area contributed by atoms with Crippen LogP contribution in [-0.4, -0.2) is 41.4 Å². The highest BCUT2D eigenvalue weighted by atomic mass is 19.4. The topological polar surface area (TPSA) is 73.5 Å². The lowest BCUT2D eigenvalue weighted by Gasteiger charge is -2.17. The Morgan fingerprint density at radius 1 is 1.23 bits per heavy atom. The fraction of sp³-hybridized carbons (Fsp3) is 0.250. The number of benzene rings is 2. The van der Waals surface area contributed by atoms with Gasteiger partial charge in [-0.3, -0.25) is 4.79 Å². The Kier molecular flexibility index (Phi) is 6.36. The Labute approximate surface area is 171 Å². The molecule has 1 aromatic heterocycles. The molecule has 1 unspecified atom stereocenters. The van der Waals surface area contributed by atoms with E-state index in [0.29, 0.717) is 18.0 Å². The first-order valence-corrected chi connectivity index (χ1v) is 9.06. The van der Waals surface area contributed by atoms with E-state index in [1.165, 1.54) is 23.4 Å². The number of ether oxygens (including phenoxy) is 1. The molecule has 0 aliphatic carbocycles. The molecule has 0 aliphatic rings. The zero-order chi connectivity index (χ0) is 21.7. The van der Waals surface area contributed by atoms with Gasteiger partial charge < -0.3 is 15.0 Å². The molecule has 0 bridgehead atoms. The van der Waals surface area contributed by atoms with Crippen LogP contribution in [0.25, 0.3) is 5.69 Å². The lowest BCUT2D eigenvalue weighted by atomic mass is 10.1. The number of carbonyl (C=O) groups excluding carboxylic acids is 1. The first-order chi connectivity index (χ1) is 14.3. The molecule has 1 atom stereocenters. The summed E-state index contributed by atoms with van der Waals surface area (Å²) in [7, 11) is 3.40. The predicted molar refractivity (Wildman–Crippen MR) is 103 cm³/mol. The monoisotopic (exact) mass is 420 g/mol. The first-order valence-electron chi connectivity index (χ1n) is 9.06. The number of anilines is 1. The fourth-order valence-corrected chi connectivity index (χ4v) is 3.01. The van der Waals surface area contributed by atoms with Crippen molar-refractivity contribution >= 4 is 11.6 Å². The molecule has 1 heterocycles. The van der Waals surface area contributed by atoms with Gasteiger partial charge in [0, 0.05) is 5.56 Å². The van der Waals surface area contributed by atoms with Gasteiger partial charge >= 0.3 is 6.18 Å². The van der Waals surface area contributed by atoms with E-state index >= 15 is 0 Å². The van der Waals surface area contributed by atoms with E-state index in [1.807, 2.05) is 31.3 Å². The maximum Gasteiger partial charge on any atom is 0.416 e. The maximum atomic E-state index is 13.1. The van der Waals surface area contributed by atoms with E-state index in [-0.39, 0.29) is 12.2 Å². The smallest absolute Gasteiger partial charge is 0.416 e. The normalized spacial score (nSPS) is 12.4. The van der Waals surface area contributed by atoms with E-state index in [4.69, 9.17) is 4.74 Å². The number of alkyl halides is 3. The van der Waals surface area contributed by atoms with Gasteiger partial charge in [-0.15, -0.1) is 0 Å². The molecule has 7 nitrogen and oxygen atoms in total. The molecule has 0 spiro atoms. The maximum absolute atomic E-state index is 13.1. The molecule has 30 heavy (non-hydrogen) atoms. The van der Waals surface area contributed by atoms with Crippen LogP contribution in [0.15, 0.2) is 55.1 Å². The molecule has 0 saturated carbocycles. The molecular formula is C20H21F3N5O2+. The van der Waals surface area contributed by atoms with Crippen molar-refractivity contribution in [3.63, 3.8) is 0 Å². The number of nitrogens with zero attached hydrogens (tertiary/aromatic N) is 3. The summed E-state index contributed by atoms with van der Waals surface area (Å²) in [6.45, 7) is 0.605. The first kappa shape index (κ1) is 21.3. The SMILES string of the molecule is COc1cccc(C[NH+](C)CC(=O)Nc2cc(C(F)(F)F)ccc2-n2cncn2)c1. The highest BCUT2D eigenvalue weighted by Crippen LogP contribution is 2.33. The summed E-state index contributed by atoms with van der Waals surface area (Å²) in [5.41, 5.74) is 0.412. The molecule has 158 valence electrons. The quantitative estimate of drug-likeness (QED) is 0.613. The van der Waals surface area contributed by atoms with Crippen molar-refractivity contribution in [2.24, 2.45) is 0 Å². The van der Waals surface area contributed by atoms with Crippen molar-refractivity contribution < 1.29 is 27.6 Å². The summed E-state index contributed by atoms with van der Waals surface area (Å²) in [6, 6.07) is 10.6. The largest absolute Gasteiger partial charge is 0.497 e. The van der Waals surface area contributed by atoms with E-state index < -0.39 is 17.6 Å². The number of hydrogen-bond donors (Lipinski definition) is 2.